The van der Waals surface area contributed by atoms with Gasteiger partial charge in [-0.05, 0) is 48.4 Å². The summed E-state index contributed by atoms with van der Waals surface area (Å²) in [5.41, 5.74) is -2.56. The number of rotatable bonds is 10. The van der Waals surface area contributed by atoms with Crippen molar-refractivity contribution in [2.24, 2.45) is 0 Å². The van der Waals surface area contributed by atoms with Crippen LogP contribution in [0.3, 0.4) is 0 Å². The first kappa shape index (κ1) is 32.3. The van der Waals surface area contributed by atoms with Crippen LogP contribution in [0.4, 0.5) is 23.2 Å². The highest BCUT2D eigenvalue weighted by Gasteiger charge is 2.31. The maximum atomic E-state index is 16.2. The molecule has 0 fully saturated rings. The molecule has 0 saturated heterocycles. The fourth-order valence-electron chi connectivity index (χ4n) is 5.14. The standard InChI is InChI=1S/C30H30F4N4O5SSi/c1-35-30(40)28-19-6-5-18(26(33)29(19)38(36-28)15-43-11-12-45(2,3)4)25-21(32)8-9-22(27(25)34)37-44(41,42)24-14-16(31)13-20-17(24)7-10-23(20)39/h5-6,8-9,13-14,37H,7,10-12,15H2,1-4H3,(H,35,40). The molecule has 1 heterocycles. The number of ketones is 1. The van der Waals surface area contributed by atoms with Gasteiger partial charge in [0.05, 0.1) is 16.1 Å². The lowest BCUT2D eigenvalue weighted by Gasteiger charge is -2.16. The van der Waals surface area contributed by atoms with Crippen molar-refractivity contribution in [1.82, 2.24) is 15.1 Å². The quantitative estimate of drug-likeness (QED) is 0.125. The predicted molar refractivity (Wildman–Crippen MR) is 162 cm³/mol. The maximum absolute atomic E-state index is 16.2. The predicted octanol–water partition coefficient (Wildman–Crippen LogP) is 5.86. The molecule has 0 saturated carbocycles. The molecule has 238 valence electrons. The fraction of sp³-hybridized carbons (Fsp3) is 0.300. The first-order valence-corrected chi connectivity index (χ1v) is 19.2. The number of hydrogen-bond acceptors (Lipinski definition) is 6. The van der Waals surface area contributed by atoms with Gasteiger partial charge in [-0.2, -0.15) is 5.10 Å². The zero-order valence-corrected chi connectivity index (χ0v) is 26.7. The number of Topliss-reactive ketones (excluding diaryl/α,β-unsaturated/α-hetero) is 1. The van der Waals surface area contributed by atoms with Crippen LogP contribution in [-0.2, 0) is 27.9 Å². The van der Waals surface area contributed by atoms with Gasteiger partial charge in [0.1, 0.15) is 23.9 Å². The van der Waals surface area contributed by atoms with Crippen LogP contribution in [0.2, 0.25) is 25.7 Å². The molecule has 0 atom stereocenters. The summed E-state index contributed by atoms with van der Waals surface area (Å²) in [5.74, 6) is -5.78. The summed E-state index contributed by atoms with van der Waals surface area (Å²) in [6.07, 6.45) is 0.0281. The monoisotopic (exact) mass is 662 g/mol. The number of amides is 1. The Morgan fingerprint density at radius 1 is 1.02 bits per heavy atom. The summed E-state index contributed by atoms with van der Waals surface area (Å²) in [4.78, 5) is 24.1. The molecular formula is C30H30F4N4O5SSi. The van der Waals surface area contributed by atoms with Gasteiger partial charge in [0.15, 0.2) is 23.1 Å². The minimum atomic E-state index is -4.67. The minimum absolute atomic E-state index is 0.0142. The number of carbonyl (C=O) groups excluding carboxylic acids is 2. The van der Waals surface area contributed by atoms with Crippen molar-refractivity contribution in [3.8, 4) is 11.1 Å². The van der Waals surface area contributed by atoms with Gasteiger partial charge in [-0.1, -0.05) is 25.7 Å². The van der Waals surface area contributed by atoms with Crippen molar-refractivity contribution >= 4 is 46.4 Å². The molecule has 0 radical (unpaired) electrons. The molecular weight excluding hydrogens is 632 g/mol. The number of hydrogen-bond donors (Lipinski definition) is 2. The molecule has 3 aromatic carbocycles. The number of aromatic nitrogens is 2. The molecule has 9 nitrogen and oxygen atoms in total. The van der Waals surface area contributed by atoms with Crippen LogP contribution < -0.4 is 10.0 Å². The van der Waals surface area contributed by atoms with Gasteiger partial charge in [0.2, 0.25) is 0 Å². The number of sulfonamides is 1. The third kappa shape index (κ3) is 6.24. The second-order valence-corrected chi connectivity index (χ2v) is 19.1. The number of carbonyl (C=O) groups is 2. The van der Waals surface area contributed by atoms with Crippen molar-refractivity contribution in [3.63, 3.8) is 0 Å². The highest BCUT2D eigenvalue weighted by Crippen LogP contribution is 2.37. The van der Waals surface area contributed by atoms with Crippen LogP contribution in [-0.4, -0.2) is 51.6 Å². The van der Waals surface area contributed by atoms with Crippen LogP contribution in [0.25, 0.3) is 22.0 Å². The highest BCUT2D eigenvalue weighted by molar-refractivity contribution is 7.92. The molecule has 45 heavy (non-hydrogen) atoms. The lowest BCUT2D eigenvalue weighted by molar-refractivity contribution is 0.0802. The Kier molecular flexibility index (Phi) is 8.63. The number of nitrogens with zero attached hydrogens (tertiary/aromatic N) is 2. The smallest absolute Gasteiger partial charge is 0.272 e. The number of halogens is 4. The molecule has 0 unspecified atom stereocenters. The largest absolute Gasteiger partial charge is 0.360 e. The Balaban J connectivity index is 1.57. The van der Waals surface area contributed by atoms with E-state index in [1.165, 1.54) is 13.1 Å². The summed E-state index contributed by atoms with van der Waals surface area (Å²) < 4.78 is 97.0. The van der Waals surface area contributed by atoms with Crippen LogP contribution in [0.15, 0.2) is 41.3 Å². The Morgan fingerprint density at radius 3 is 2.44 bits per heavy atom. The molecule has 1 amide bonds. The van der Waals surface area contributed by atoms with Gasteiger partial charge in [-0.3, -0.25) is 14.3 Å². The highest BCUT2D eigenvalue weighted by atomic mass is 32.2. The van der Waals surface area contributed by atoms with Crippen LogP contribution in [0.5, 0.6) is 0 Å². The Bertz CT molecular complexity index is 1980. The van der Waals surface area contributed by atoms with E-state index in [0.29, 0.717) is 12.7 Å². The molecule has 5 rings (SSSR count). The number of benzene rings is 3. The molecule has 0 aliphatic heterocycles. The number of nitrogens with one attached hydrogen (secondary N) is 2. The second-order valence-electron chi connectivity index (χ2n) is 11.8. The summed E-state index contributed by atoms with van der Waals surface area (Å²) in [7, 11) is -4.76. The summed E-state index contributed by atoms with van der Waals surface area (Å²) in [6, 6.07) is 6.37. The van der Waals surface area contributed by atoms with E-state index in [0.717, 1.165) is 35.0 Å². The van der Waals surface area contributed by atoms with E-state index in [1.807, 2.05) is 4.72 Å². The molecule has 15 heteroatoms. The number of ether oxygens (including phenoxy) is 1. The van der Waals surface area contributed by atoms with E-state index in [4.69, 9.17) is 4.74 Å². The Labute approximate surface area is 257 Å². The first-order chi connectivity index (χ1) is 21.1. The molecule has 1 aliphatic carbocycles. The zero-order valence-electron chi connectivity index (χ0n) is 24.9. The van der Waals surface area contributed by atoms with Crippen molar-refractivity contribution in [2.75, 3.05) is 18.4 Å². The Hall–Kier alpha value is -4.08. The van der Waals surface area contributed by atoms with Crippen molar-refractivity contribution < 1.29 is 40.3 Å². The summed E-state index contributed by atoms with van der Waals surface area (Å²) >= 11 is 0. The number of anilines is 1. The van der Waals surface area contributed by atoms with Crippen molar-refractivity contribution in [2.45, 2.75) is 50.2 Å². The van der Waals surface area contributed by atoms with Gasteiger partial charge >= 0.3 is 0 Å². The van der Waals surface area contributed by atoms with Crippen LogP contribution >= 0.6 is 0 Å². The average molecular weight is 663 g/mol. The number of fused-ring (bicyclic) bond motifs is 2. The third-order valence-electron chi connectivity index (χ3n) is 7.47. The van der Waals surface area contributed by atoms with E-state index in [1.54, 1.807) is 0 Å². The lowest BCUT2D eigenvalue weighted by atomic mass is 10.0. The van der Waals surface area contributed by atoms with Crippen molar-refractivity contribution in [1.29, 1.82) is 0 Å². The van der Waals surface area contributed by atoms with Crippen LogP contribution in [0, 0.1) is 23.3 Å². The molecule has 4 aromatic rings. The molecule has 0 spiro atoms. The topological polar surface area (TPSA) is 119 Å². The third-order valence-corrected chi connectivity index (χ3v) is 10.6. The van der Waals surface area contributed by atoms with Crippen molar-refractivity contribution in [3.05, 3.63) is 76.5 Å². The van der Waals surface area contributed by atoms with E-state index in [9.17, 15) is 22.4 Å². The van der Waals surface area contributed by atoms with Crippen LogP contribution in [0.1, 0.15) is 32.8 Å². The normalized spacial score (nSPS) is 13.4. The van der Waals surface area contributed by atoms with Gasteiger partial charge in [-0.25, -0.2) is 30.7 Å². The van der Waals surface area contributed by atoms with E-state index < -0.39 is 74.8 Å². The Morgan fingerprint density at radius 2 is 1.76 bits per heavy atom. The summed E-state index contributed by atoms with van der Waals surface area (Å²) in [6.45, 7) is 6.56. The van der Waals surface area contributed by atoms with Gasteiger partial charge in [0.25, 0.3) is 15.9 Å². The summed E-state index contributed by atoms with van der Waals surface area (Å²) in [5, 5.41) is 6.68. The van der Waals surface area contributed by atoms with Gasteiger partial charge < -0.3 is 10.1 Å². The second kappa shape index (κ2) is 12.0. The molecule has 1 aliphatic rings. The van der Waals surface area contributed by atoms with Gasteiger partial charge in [-0.15, -0.1) is 0 Å². The molecule has 2 N–H and O–H groups in total. The van der Waals surface area contributed by atoms with E-state index in [2.05, 4.69) is 30.1 Å². The average Bonchev–Trinajstić information content (AvgIpc) is 3.53. The fourth-order valence-corrected chi connectivity index (χ4v) is 7.26. The first-order valence-electron chi connectivity index (χ1n) is 14.0. The lowest BCUT2D eigenvalue weighted by Crippen LogP contribution is -2.22. The SMILES string of the molecule is CNC(=O)c1nn(COCC[Si](C)(C)C)c2c(F)c(-c3c(F)ccc(NS(=O)(=O)c4cc(F)cc5c4CCC5=O)c3F)ccc12. The molecule has 1 aromatic heterocycles. The van der Waals surface area contributed by atoms with E-state index in [-0.39, 0.29) is 47.3 Å². The zero-order chi connectivity index (χ0) is 32.8. The maximum Gasteiger partial charge on any atom is 0.272 e. The van der Waals surface area contributed by atoms with Gasteiger partial charge in [0, 0.05) is 44.7 Å². The minimum Gasteiger partial charge on any atom is -0.360 e. The molecule has 0 bridgehead atoms. The van der Waals surface area contributed by atoms with E-state index >= 15 is 13.2 Å².